The number of carbonyl (C=O) groups excluding carboxylic acids is 1. The van der Waals surface area contributed by atoms with Crippen LogP contribution in [0.25, 0.3) is 5.53 Å². The van der Waals surface area contributed by atoms with E-state index >= 15 is 0 Å². The van der Waals surface area contributed by atoms with Crippen LogP contribution in [0.3, 0.4) is 0 Å². The first kappa shape index (κ1) is 18.5. The van der Waals surface area contributed by atoms with Crippen molar-refractivity contribution in [3.05, 3.63) is 60.1 Å². The van der Waals surface area contributed by atoms with Crippen LogP contribution in [0.1, 0.15) is 6.92 Å². The van der Waals surface area contributed by atoms with E-state index in [9.17, 15) is 21.6 Å². The number of rotatable bonds is 3. The van der Waals surface area contributed by atoms with E-state index in [0.29, 0.717) is 0 Å². The van der Waals surface area contributed by atoms with E-state index in [2.05, 4.69) is 4.79 Å². The maximum absolute atomic E-state index is 12.5. The summed E-state index contributed by atoms with van der Waals surface area (Å²) in [5.41, 5.74) is 9.05. The van der Waals surface area contributed by atoms with Crippen molar-refractivity contribution in [3.63, 3.8) is 0 Å². The molecule has 0 heterocycles. The molecule has 0 N–H and O–H groups in total. The van der Waals surface area contributed by atoms with Crippen molar-refractivity contribution in [1.82, 2.24) is 0 Å². The number of carbonyl (C=O) groups is 1. The molecule has 0 unspecified atom stereocenters. The van der Waals surface area contributed by atoms with Gasteiger partial charge in [0.1, 0.15) is 5.75 Å². The van der Waals surface area contributed by atoms with Gasteiger partial charge in [0.25, 0.3) is 19.7 Å². The Labute approximate surface area is 144 Å². The third kappa shape index (κ3) is 3.82. The maximum Gasteiger partial charge on any atom is 0.504 e. The Kier molecular flexibility index (Phi) is 5.17. The van der Waals surface area contributed by atoms with Gasteiger partial charge in [0.15, 0.2) is 0 Å². The summed E-state index contributed by atoms with van der Waals surface area (Å²) in [6, 6.07) is 11.2. The lowest BCUT2D eigenvalue weighted by molar-refractivity contribution is -0.131. The zero-order chi connectivity index (χ0) is 18.7. The first-order chi connectivity index (χ1) is 11.7. The highest BCUT2D eigenvalue weighted by molar-refractivity contribution is 8.31. The van der Waals surface area contributed by atoms with Crippen LogP contribution in [0.15, 0.2) is 64.4 Å². The van der Waals surface area contributed by atoms with Gasteiger partial charge in [0, 0.05) is 6.92 Å². The first-order valence-electron chi connectivity index (χ1n) is 6.75. The van der Waals surface area contributed by atoms with Crippen molar-refractivity contribution in [3.8, 4) is 5.75 Å². The predicted molar refractivity (Wildman–Crippen MR) is 87.2 cm³/mol. The molecule has 0 radical (unpaired) electrons. The Morgan fingerprint density at radius 1 is 0.880 bits per heavy atom. The van der Waals surface area contributed by atoms with Crippen LogP contribution in [0.2, 0.25) is 0 Å². The normalized spacial score (nSPS) is 11.4. The lowest BCUT2D eigenvalue weighted by atomic mass is 10.3. The fourth-order valence-electron chi connectivity index (χ4n) is 1.91. The molecule has 0 atom stereocenters. The van der Waals surface area contributed by atoms with E-state index in [1.54, 1.807) is 6.07 Å². The number of hydrogen-bond donors (Lipinski definition) is 0. The van der Waals surface area contributed by atoms with E-state index in [1.165, 1.54) is 43.3 Å². The Morgan fingerprint density at radius 2 is 1.36 bits per heavy atom. The summed E-state index contributed by atoms with van der Waals surface area (Å²) in [6.45, 7) is 1.17. The van der Waals surface area contributed by atoms with Gasteiger partial charge >= 0.3 is 10.3 Å². The molecule has 0 bridgehead atoms. The van der Waals surface area contributed by atoms with Crippen molar-refractivity contribution in [2.45, 2.75) is 16.7 Å². The van der Waals surface area contributed by atoms with Crippen LogP contribution in [-0.2, 0) is 24.5 Å². The molecule has 25 heavy (non-hydrogen) atoms. The summed E-state index contributed by atoms with van der Waals surface area (Å²) in [7, 11) is -9.19. The Bertz CT molecular complexity index is 1050. The van der Waals surface area contributed by atoms with Gasteiger partial charge in [-0.25, -0.2) is 16.8 Å². The molecule has 0 aliphatic rings. The summed E-state index contributed by atoms with van der Waals surface area (Å²) >= 11 is 0. The molecule has 2 aromatic rings. The minimum atomic E-state index is -4.63. The largest absolute Gasteiger partial charge is 0.504 e. The number of hydrogen-bond acceptors (Lipinski definition) is 6. The third-order valence-electron chi connectivity index (χ3n) is 2.99. The highest BCUT2D eigenvalue weighted by Crippen LogP contribution is 2.22. The van der Waals surface area contributed by atoms with Crippen molar-refractivity contribution in [1.29, 1.82) is 0 Å². The number of ether oxygens (including phenoxy) is 1. The Hall–Kier alpha value is -2.81. The highest BCUT2D eigenvalue weighted by Gasteiger charge is 2.43. The number of esters is 1. The van der Waals surface area contributed by atoms with E-state index in [0.717, 1.165) is 12.1 Å². The molecule has 0 amide bonds. The van der Waals surface area contributed by atoms with Crippen LogP contribution >= 0.6 is 0 Å². The summed E-state index contributed by atoms with van der Waals surface area (Å²) in [5, 5.41) is 0. The molecule has 0 spiro atoms. The quantitative estimate of drug-likeness (QED) is 0.198. The molecule has 0 saturated heterocycles. The minimum absolute atomic E-state index is 0.0832. The zero-order valence-electron chi connectivity index (χ0n) is 12.9. The maximum atomic E-state index is 12.5. The molecule has 10 heteroatoms. The average molecular weight is 380 g/mol. The van der Waals surface area contributed by atoms with Crippen LogP contribution in [0.4, 0.5) is 0 Å². The van der Waals surface area contributed by atoms with Gasteiger partial charge in [-0.05, 0) is 36.4 Å². The van der Waals surface area contributed by atoms with Gasteiger partial charge in [0.05, 0.1) is 9.79 Å². The van der Waals surface area contributed by atoms with Crippen LogP contribution in [-0.4, -0.2) is 32.0 Å². The third-order valence-corrected chi connectivity index (χ3v) is 7.18. The molecule has 2 rings (SSSR count). The molecule has 0 aliphatic heterocycles. The fraction of sp³-hybridized carbons (Fsp3) is 0.0667. The number of benzene rings is 2. The summed E-state index contributed by atoms with van der Waals surface area (Å²) in [5.74, 6) is -0.514. The van der Waals surface area contributed by atoms with E-state index in [-0.39, 0.29) is 10.6 Å². The van der Waals surface area contributed by atoms with Gasteiger partial charge in [-0.2, -0.15) is 0 Å². The van der Waals surface area contributed by atoms with Crippen molar-refractivity contribution in [2.75, 3.05) is 0 Å². The van der Waals surface area contributed by atoms with Crippen molar-refractivity contribution in [2.24, 2.45) is 0 Å². The topological polar surface area (TPSA) is 131 Å². The van der Waals surface area contributed by atoms with E-state index < -0.39 is 34.9 Å². The molecule has 0 saturated carbocycles. The van der Waals surface area contributed by atoms with Gasteiger partial charge in [-0.15, -0.1) is 4.79 Å². The standard InChI is InChI=1S/C15H12N2O6S2/c1-11(18)23-12-7-9-14(10-8-12)25(21,22)15(17-16)24(19,20)13-5-3-2-4-6-13/h2-10H,1H3. The van der Waals surface area contributed by atoms with Gasteiger partial charge < -0.3 is 10.3 Å². The van der Waals surface area contributed by atoms with Gasteiger partial charge in [-0.1, -0.05) is 18.2 Å². The molecular weight excluding hydrogens is 368 g/mol. The highest BCUT2D eigenvalue weighted by atomic mass is 32.3. The monoisotopic (exact) mass is 380 g/mol. The first-order valence-corrected chi connectivity index (χ1v) is 9.72. The molecular formula is C15H12N2O6S2. The van der Waals surface area contributed by atoms with Gasteiger partial charge in [0.2, 0.25) is 0 Å². The summed E-state index contributed by atoms with van der Waals surface area (Å²) in [4.78, 5) is 12.6. The number of sulfone groups is 2. The average Bonchev–Trinajstić information content (AvgIpc) is 2.55. The lowest BCUT2D eigenvalue weighted by Gasteiger charge is -2.04. The molecule has 0 aliphatic carbocycles. The van der Waals surface area contributed by atoms with E-state index in [1.807, 2.05) is 0 Å². The fourth-order valence-corrected chi connectivity index (χ4v) is 5.27. The van der Waals surface area contributed by atoms with Gasteiger partial charge in [-0.3, -0.25) is 4.79 Å². The number of nitrogens with zero attached hydrogens (tertiary/aromatic N) is 2. The molecule has 0 fully saturated rings. The SMILES string of the molecule is CC(=O)Oc1ccc(S(=O)(=O)C(=[N+]=[N-])S(=O)(=O)c2ccccc2)cc1. The summed E-state index contributed by atoms with van der Waals surface area (Å²) < 4.78 is 53.4. The van der Waals surface area contributed by atoms with Crippen LogP contribution in [0.5, 0.6) is 5.75 Å². The van der Waals surface area contributed by atoms with Crippen molar-refractivity contribution >= 4 is 30.0 Å². The van der Waals surface area contributed by atoms with Crippen molar-refractivity contribution < 1.29 is 31.2 Å². The molecule has 2 aromatic carbocycles. The molecule has 130 valence electrons. The Morgan fingerprint density at radius 3 is 1.80 bits per heavy atom. The minimum Gasteiger partial charge on any atom is -0.427 e. The second kappa shape index (κ2) is 6.98. The smallest absolute Gasteiger partial charge is 0.427 e. The second-order valence-corrected chi connectivity index (χ2v) is 8.74. The molecule has 8 nitrogen and oxygen atoms in total. The lowest BCUT2D eigenvalue weighted by Crippen LogP contribution is -2.26. The van der Waals surface area contributed by atoms with Crippen LogP contribution < -0.4 is 4.74 Å². The Balaban J connectivity index is 2.50. The predicted octanol–water partition coefficient (Wildman–Crippen LogP) is 1.45. The molecule has 0 aromatic heterocycles. The zero-order valence-corrected chi connectivity index (χ0v) is 14.5. The summed E-state index contributed by atoms with van der Waals surface area (Å²) in [6.07, 6.45) is 0. The van der Waals surface area contributed by atoms with Crippen LogP contribution in [0, 0.1) is 0 Å². The second-order valence-electron chi connectivity index (χ2n) is 4.75. The van der Waals surface area contributed by atoms with E-state index in [4.69, 9.17) is 10.3 Å².